The maximum absolute atomic E-state index is 12.4. The van der Waals surface area contributed by atoms with Crippen molar-refractivity contribution in [3.8, 4) is 23.0 Å². The topological polar surface area (TPSA) is 243 Å². The van der Waals surface area contributed by atoms with Gasteiger partial charge in [0.25, 0.3) is 11.9 Å². The summed E-state index contributed by atoms with van der Waals surface area (Å²) in [6.45, 7) is -0.770. The molecule has 4 heterocycles. The molecule has 3 aromatic heterocycles. The predicted octanol–water partition coefficient (Wildman–Crippen LogP) is -0.328. The highest BCUT2D eigenvalue weighted by atomic mass is 32.2. The number of nitrogens with one attached hydrogen (secondary N) is 1. The fourth-order valence-electron chi connectivity index (χ4n) is 4.43. The summed E-state index contributed by atoms with van der Waals surface area (Å²) in [5, 5.41) is 39.4. The molecule has 2 aromatic carbocycles. The van der Waals surface area contributed by atoms with E-state index in [1.165, 1.54) is 39.8 Å². The molecule has 0 aliphatic carbocycles. The molecule has 4 atom stereocenters. The van der Waals surface area contributed by atoms with E-state index in [2.05, 4.69) is 25.3 Å². The van der Waals surface area contributed by atoms with Crippen molar-refractivity contribution in [2.75, 3.05) is 12.3 Å². The Morgan fingerprint density at radius 1 is 1.07 bits per heavy atom. The first-order valence-corrected chi connectivity index (χ1v) is 14.0. The van der Waals surface area contributed by atoms with Gasteiger partial charge in [-0.15, -0.1) is 5.10 Å². The molecule has 17 nitrogen and oxygen atoms in total. The number of benzene rings is 2. The van der Waals surface area contributed by atoms with Crippen LogP contribution in [0.5, 0.6) is 5.75 Å². The highest BCUT2D eigenvalue weighted by Gasteiger charge is 2.45. The third kappa shape index (κ3) is 5.47. The summed E-state index contributed by atoms with van der Waals surface area (Å²) in [5.41, 5.74) is 7.50. The minimum atomic E-state index is -4.70. The van der Waals surface area contributed by atoms with Crippen molar-refractivity contribution in [2.45, 2.75) is 24.5 Å². The van der Waals surface area contributed by atoms with E-state index in [9.17, 15) is 28.5 Å². The lowest BCUT2D eigenvalue weighted by Gasteiger charge is -2.16. The van der Waals surface area contributed by atoms with Crippen LogP contribution in [0.4, 0.5) is 5.82 Å². The van der Waals surface area contributed by atoms with E-state index in [-0.39, 0.29) is 28.5 Å². The number of aromatic nitrogens is 7. The van der Waals surface area contributed by atoms with Gasteiger partial charge in [-0.25, -0.2) is 9.71 Å². The predicted molar refractivity (Wildman–Crippen MR) is 146 cm³/mol. The lowest BCUT2D eigenvalue weighted by atomic mass is 10.1. The molecule has 0 radical (unpaired) electrons. The quantitative estimate of drug-likeness (QED) is 0.151. The van der Waals surface area contributed by atoms with Crippen molar-refractivity contribution in [3.63, 3.8) is 0 Å². The number of fused-ring (bicyclic) bond motifs is 1. The van der Waals surface area contributed by atoms with Gasteiger partial charge in [-0.05, 0) is 12.1 Å². The Kier molecular flexibility index (Phi) is 7.20. The summed E-state index contributed by atoms with van der Waals surface area (Å²) in [7, 11) is -4.70. The summed E-state index contributed by atoms with van der Waals surface area (Å²) in [6.07, 6.45) is -2.94. The number of aromatic hydroxyl groups is 1. The van der Waals surface area contributed by atoms with Crippen molar-refractivity contribution in [1.29, 1.82) is 0 Å². The summed E-state index contributed by atoms with van der Waals surface area (Å²) in [5.74, 6) is -1.53. The highest BCUT2D eigenvalue weighted by molar-refractivity contribution is 7.85. The summed E-state index contributed by atoms with van der Waals surface area (Å²) in [6, 6.07) is 14.6. The Morgan fingerprint density at radius 2 is 1.81 bits per heavy atom. The van der Waals surface area contributed by atoms with Gasteiger partial charge in [0.2, 0.25) is 0 Å². The van der Waals surface area contributed by atoms with E-state index in [0.29, 0.717) is 5.69 Å². The number of phenolic OH excluding ortho intramolecular Hbond substituents is 1. The molecule has 1 aliphatic rings. The number of hydrogen-bond acceptors (Lipinski definition) is 14. The van der Waals surface area contributed by atoms with Crippen LogP contribution in [0.2, 0.25) is 0 Å². The second-order valence-corrected chi connectivity index (χ2v) is 10.7. The van der Waals surface area contributed by atoms with Gasteiger partial charge in [0, 0.05) is 5.56 Å². The fraction of sp³-hybridized carbons (Fsp3) is 0.200. The minimum absolute atomic E-state index is 0.00489. The molecule has 1 fully saturated rings. The zero-order valence-electron chi connectivity index (χ0n) is 21.9. The molecule has 222 valence electrons. The normalized spacial score (nSPS) is 20.4. The zero-order chi connectivity index (χ0) is 30.3. The number of amides is 1. The van der Waals surface area contributed by atoms with Crippen LogP contribution in [0.15, 0.2) is 67.1 Å². The van der Waals surface area contributed by atoms with Gasteiger partial charge < -0.3 is 25.8 Å². The standard InChI is InChI=1S/C25H23N9O8S/c26-21-18-22(29-25(28-21)34-10-15(30-32-34)13-6-2-1-3-7-13)33(12-27-18)24-20(37)19(36)17(42-24)11-41-43(39,40)31-23(38)14-8-4-5-9-16(14)35/h1-10,12,17,19-20,24,35-37H,11H2,(H,31,38)(H2,26,28,29)/t17-,19-,20-,24-/m1/s1. The fourth-order valence-corrected chi connectivity index (χ4v) is 5.14. The number of rotatable bonds is 8. The first-order valence-electron chi connectivity index (χ1n) is 12.6. The number of nitrogens with zero attached hydrogens (tertiary/aromatic N) is 7. The van der Waals surface area contributed by atoms with Crippen molar-refractivity contribution in [3.05, 3.63) is 72.7 Å². The molecule has 1 aliphatic heterocycles. The molecular formula is C25H23N9O8S. The molecule has 0 unspecified atom stereocenters. The monoisotopic (exact) mass is 609 g/mol. The number of carbonyl (C=O) groups is 1. The van der Waals surface area contributed by atoms with Crippen molar-refractivity contribution >= 4 is 33.2 Å². The molecule has 1 saturated heterocycles. The van der Waals surface area contributed by atoms with E-state index in [4.69, 9.17) is 14.7 Å². The minimum Gasteiger partial charge on any atom is -0.507 e. The number of nitrogen functional groups attached to an aromatic ring is 1. The summed E-state index contributed by atoms with van der Waals surface area (Å²) in [4.78, 5) is 25.1. The van der Waals surface area contributed by atoms with E-state index in [1.54, 1.807) is 10.9 Å². The molecule has 0 bridgehead atoms. The maximum Gasteiger partial charge on any atom is 0.362 e. The number of ether oxygens (including phenoxy) is 1. The maximum atomic E-state index is 12.4. The van der Waals surface area contributed by atoms with Crippen LogP contribution in [0, 0.1) is 0 Å². The largest absolute Gasteiger partial charge is 0.507 e. The number of anilines is 1. The third-order valence-corrected chi connectivity index (χ3v) is 7.45. The van der Waals surface area contributed by atoms with Gasteiger partial charge in [-0.1, -0.05) is 47.7 Å². The second-order valence-electron chi connectivity index (χ2n) is 9.38. The number of aliphatic hydroxyl groups is 2. The van der Waals surface area contributed by atoms with E-state index in [0.717, 1.165) is 5.56 Å². The molecule has 0 spiro atoms. The molecule has 0 saturated carbocycles. The number of imidazole rings is 1. The van der Waals surface area contributed by atoms with Gasteiger partial charge in [0.05, 0.1) is 24.7 Å². The third-order valence-electron chi connectivity index (χ3n) is 6.57. The number of aliphatic hydroxyl groups excluding tert-OH is 2. The lowest BCUT2D eigenvalue weighted by Crippen LogP contribution is -2.37. The zero-order valence-corrected chi connectivity index (χ0v) is 22.7. The van der Waals surface area contributed by atoms with Gasteiger partial charge in [-0.2, -0.15) is 23.1 Å². The Labute approximate surface area is 242 Å². The molecule has 6 rings (SSSR count). The van der Waals surface area contributed by atoms with Crippen LogP contribution in [0.3, 0.4) is 0 Å². The Morgan fingerprint density at radius 3 is 2.58 bits per heavy atom. The Balaban J connectivity index is 1.20. The molecule has 6 N–H and O–H groups in total. The van der Waals surface area contributed by atoms with Crippen LogP contribution in [-0.2, 0) is 19.2 Å². The Bertz CT molecular complexity index is 1910. The SMILES string of the molecule is Nc1nc(-n2cc(-c3ccccc3)nn2)nc2c1ncn2[C@@H]1O[C@H](COS(=O)(=O)NC(=O)c2ccccc2O)[C@@H](O)[C@H]1O. The summed E-state index contributed by atoms with van der Waals surface area (Å²) >= 11 is 0. The van der Waals surface area contributed by atoms with Gasteiger partial charge >= 0.3 is 10.3 Å². The average molecular weight is 610 g/mol. The number of phenols is 1. The molecule has 18 heteroatoms. The van der Waals surface area contributed by atoms with Crippen LogP contribution < -0.4 is 10.5 Å². The van der Waals surface area contributed by atoms with Gasteiger partial charge in [0.15, 0.2) is 17.7 Å². The molecule has 1 amide bonds. The van der Waals surface area contributed by atoms with Crippen molar-refractivity contribution in [1.82, 2.24) is 39.2 Å². The molecular weight excluding hydrogens is 586 g/mol. The summed E-state index contributed by atoms with van der Waals surface area (Å²) < 4.78 is 39.6. The van der Waals surface area contributed by atoms with Crippen LogP contribution >= 0.6 is 0 Å². The van der Waals surface area contributed by atoms with Gasteiger partial charge in [0.1, 0.15) is 35.3 Å². The Hall–Kier alpha value is -5.01. The molecule has 43 heavy (non-hydrogen) atoms. The van der Waals surface area contributed by atoms with Crippen molar-refractivity contribution < 1.29 is 37.5 Å². The van der Waals surface area contributed by atoms with E-state index >= 15 is 0 Å². The number of para-hydroxylation sites is 1. The number of hydrogen-bond donors (Lipinski definition) is 5. The smallest absolute Gasteiger partial charge is 0.362 e. The first kappa shape index (κ1) is 28.1. The second kappa shape index (κ2) is 11.0. The van der Waals surface area contributed by atoms with Crippen LogP contribution in [0.25, 0.3) is 28.4 Å². The van der Waals surface area contributed by atoms with E-state index < -0.39 is 53.1 Å². The number of nitrogens with two attached hydrogens (primary N) is 1. The lowest BCUT2D eigenvalue weighted by molar-refractivity contribution is -0.0468. The molecule has 5 aromatic rings. The van der Waals surface area contributed by atoms with Crippen LogP contribution in [0.1, 0.15) is 16.6 Å². The first-order chi connectivity index (χ1) is 20.6. The van der Waals surface area contributed by atoms with Crippen LogP contribution in [-0.4, -0.2) is 89.1 Å². The van der Waals surface area contributed by atoms with Crippen molar-refractivity contribution in [2.24, 2.45) is 0 Å². The van der Waals surface area contributed by atoms with E-state index in [1.807, 2.05) is 30.3 Å². The van der Waals surface area contributed by atoms with Gasteiger partial charge in [-0.3, -0.25) is 13.5 Å². The highest BCUT2D eigenvalue weighted by Crippen LogP contribution is 2.33. The number of carbonyl (C=O) groups excluding carboxylic acids is 1. The average Bonchev–Trinajstić information content (AvgIpc) is 3.71.